The van der Waals surface area contributed by atoms with Gasteiger partial charge in [-0.05, 0) is 17.7 Å². The van der Waals surface area contributed by atoms with E-state index in [1.54, 1.807) is 0 Å². The molecule has 0 spiro atoms. The Balaban J connectivity index is 0.00000338. The Bertz CT molecular complexity index is 604. The van der Waals surface area contributed by atoms with Crippen LogP contribution >= 0.6 is 12.4 Å². The van der Waals surface area contributed by atoms with E-state index in [0.29, 0.717) is 0 Å². The van der Waals surface area contributed by atoms with Gasteiger partial charge in [0.05, 0.1) is 11.1 Å². The minimum atomic E-state index is -5.35. The van der Waals surface area contributed by atoms with Gasteiger partial charge >= 0.3 is 18.5 Å². The molecule has 1 aromatic rings. The molecule has 0 saturated carbocycles. The predicted octanol–water partition coefficient (Wildman–Crippen LogP) is 4.65. The minimum Gasteiger partial charge on any atom is -0.314 e. The zero-order valence-corrected chi connectivity index (χ0v) is 13.7. The minimum absolute atomic E-state index is 0. The first-order valence-corrected chi connectivity index (χ1v) is 7.11. The molecule has 2 nitrogen and oxygen atoms in total. The number of alkyl halides is 9. The van der Waals surface area contributed by atoms with Gasteiger partial charge in [-0.1, -0.05) is 6.07 Å². The number of hydrogen-bond acceptors (Lipinski definition) is 2. The molecule has 2 rings (SSSR count). The molecule has 0 amide bonds. The molecule has 1 aromatic carbocycles. The van der Waals surface area contributed by atoms with Gasteiger partial charge in [-0.2, -0.15) is 39.5 Å². The highest BCUT2D eigenvalue weighted by molar-refractivity contribution is 5.85. The molecule has 1 aliphatic rings. The molecule has 1 aliphatic heterocycles. The van der Waals surface area contributed by atoms with Crippen LogP contribution in [0.4, 0.5) is 39.5 Å². The fourth-order valence-corrected chi connectivity index (χ4v) is 2.74. The number of piperazine rings is 1. The van der Waals surface area contributed by atoms with E-state index >= 15 is 0 Å². The molecule has 0 unspecified atom stereocenters. The molecule has 0 bridgehead atoms. The van der Waals surface area contributed by atoms with Crippen molar-refractivity contribution >= 4 is 12.4 Å². The lowest BCUT2D eigenvalue weighted by molar-refractivity contribution is -0.190. The van der Waals surface area contributed by atoms with E-state index in [-0.39, 0.29) is 56.8 Å². The SMILES string of the molecule is Cl.FC(F)(F)c1ccc([C@H](N2CCNCC2)C(F)(F)F)c(C(F)(F)F)c1. The Hall–Kier alpha value is -1.20. The van der Waals surface area contributed by atoms with Crippen molar-refractivity contribution < 1.29 is 39.5 Å². The number of nitrogens with one attached hydrogen (secondary N) is 1. The smallest absolute Gasteiger partial charge is 0.314 e. The van der Waals surface area contributed by atoms with Crippen LogP contribution in [0.5, 0.6) is 0 Å². The Morgan fingerprint density at radius 2 is 1.38 bits per heavy atom. The summed E-state index contributed by atoms with van der Waals surface area (Å²) in [5.74, 6) is 0. The van der Waals surface area contributed by atoms with Gasteiger partial charge in [-0.3, -0.25) is 4.90 Å². The number of halogens is 10. The van der Waals surface area contributed by atoms with E-state index in [1.165, 1.54) is 0 Å². The van der Waals surface area contributed by atoms with Crippen molar-refractivity contribution in [1.82, 2.24) is 10.2 Å². The van der Waals surface area contributed by atoms with Crippen molar-refractivity contribution in [3.8, 4) is 0 Å². The second-order valence-corrected chi connectivity index (χ2v) is 5.53. The average molecular weight is 417 g/mol. The van der Waals surface area contributed by atoms with Crippen LogP contribution in [0.2, 0.25) is 0 Å². The molecule has 1 atom stereocenters. The van der Waals surface area contributed by atoms with Gasteiger partial charge < -0.3 is 5.32 Å². The number of hydrogen-bond donors (Lipinski definition) is 1. The van der Waals surface area contributed by atoms with Gasteiger partial charge in [0.2, 0.25) is 0 Å². The standard InChI is InChI=1S/C14H13F9N2.ClH/c15-12(16,17)8-1-2-9(10(7-8)13(18,19)20)11(14(21,22)23)25-5-3-24-4-6-25;/h1-2,7,11,24H,3-6H2;1H/t11-;/m0./s1. The summed E-state index contributed by atoms with van der Waals surface area (Å²) in [6.45, 7) is -0.0892. The lowest BCUT2D eigenvalue weighted by Gasteiger charge is -2.37. The van der Waals surface area contributed by atoms with Crippen LogP contribution in [0.15, 0.2) is 18.2 Å². The van der Waals surface area contributed by atoms with Crippen LogP contribution in [0.25, 0.3) is 0 Å². The molecule has 1 N–H and O–H groups in total. The topological polar surface area (TPSA) is 15.3 Å². The van der Waals surface area contributed by atoms with E-state index in [9.17, 15) is 39.5 Å². The third kappa shape index (κ3) is 5.17. The third-order valence-corrected chi connectivity index (χ3v) is 3.81. The molecule has 1 saturated heterocycles. The monoisotopic (exact) mass is 416 g/mol. The van der Waals surface area contributed by atoms with Crippen LogP contribution in [0.3, 0.4) is 0 Å². The molecular formula is C14H14ClF9N2. The highest BCUT2D eigenvalue weighted by Gasteiger charge is 2.49. The zero-order chi connectivity index (χ0) is 19.0. The van der Waals surface area contributed by atoms with Crippen molar-refractivity contribution in [2.75, 3.05) is 26.2 Å². The molecule has 0 aromatic heterocycles. The maximum Gasteiger partial charge on any atom is 0.416 e. The summed E-state index contributed by atoms with van der Waals surface area (Å²) < 4.78 is 118. The highest BCUT2D eigenvalue weighted by Crippen LogP contribution is 2.45. The normalized spacial score (nSPS) is 18.3. The van der Waals surface area contributed by atoms with E-state index < -0.39 is 41.3 Å². The van der Waals surface area contributed by atoms with Crippen LogP contribution in [-0.4, -0.2) is 37.3 Å². The van der Waals surface area contributed by atoms with Gasteiger partial charge in [0.1, 0.15) is 6.04 Å². The summed E-state index contributed by atoms with van der Waals surface area (Å²) in [5, 5.41) is 2.77. The summed E-state index contributed by atoms with van der Waals surface area (Å²) >= 11 is 0. The molecular weight excluding hydrogens is 403 g/mol. The van der Waals surface area contributed by atoms with E-state index in [1.807, 2.05) is 0 Å². The van der Waals surface area contributed by atoms with Gasteiger partial charge in [-0.25, -0.2) is 0 Å². The van der Waals surface area contributed by atoms with Gasteiger partial charge in [0.25, 0.3) is 0 Å². The van der Waals surface area contributed by atoms with Gasteiger partial charge in [0, 0.05) is 26.2 Å². The van der Waals surface area contributed by atoms with Crippen molar-refractivity contribution in [2.45, 2.75) is 24.6 Å². The van der Waals surface area contributed by atoms with Gasteiger partial charge in [0.15, 0.2) is 0 Å². The predicted molar refractivity (Wildman–Crippen MR) is 76.9 cm³/mol. The summed E-state index contributed by atoms with van der Waals surface area (Å²) in [6, 6.07) is -2.39. The summed E-state index contributed by atoms with van der Waals surface area (Å²) in [6.07, 6.45) is -15.5. The Labute approximate surface area is 148 Å². The second-order valence-electron chi connectivity index (χ2n) is 5.53. The first-order chi connectivity index (χ1) is 11.3. The lowest BCUT2D eigenvalue weighted by atomic mass is 9.95. The van der Waals surface area contributed by atoms with Crippen molar-refractivity contribution in [3.63, 3.8) is 0 Å². The largest absolute Gasteiger partial charge is 0.416 e. The molecule has 0 aliphatic carbocycles. The quantitative estimate of drug-likeness (QED) is 0.706. The van der Waals surface area contributed by atoms with Crippen LogP contribution in [-0.2, 0) is 12.4 Å². The average Bonchev–Trinajstić information content (AvgIpc) is 2.45. The van der Waals surface area contributed by atoms with Crippen LogP contribution < -0.4 is 5.32 Å². The number of benzene rings is 1. The summed E-state index contributed by atoms with van der Waals surface area (Å²) in [5.41, 5.74) is -4.80. The fourth-order valence-electron chi connectivity index (χ4n) is 2.74. The molecule has 0 radical (unpaired) electrons. The fraction of sp³-hybridized carbons (Fsp3) is 0.571. The van der Waals surface area contributed by atoms with Gasteiger partial charge in [-0.15, -0.1) is 12.4 Å². The summed E-state index contributed by atoms with van der Waals surface area (Å²) in [4.78, 5) is 0.786. The number of rotatable bonds is 2. The molecule has 150 valence electrons. The first-order valence-electron chi connectivity index (χ1n) is 7.11. The summed E-state index contributed by atoms with van der Waals surface area (Å²) in [7, 11) is 0. The maximum absolute atomic E-state index is 13.4. The molecule has 12 heteroatoms. The van der Waals surface area contributed by atoms with Crippen molar-refractivity contribution in [2.24, 2.45) is 0 Å². The Morgan fingerprint density at radius 1 is 0.846 bits per heavy atom. The molecule has 1 heterocycles. The van der Waals surface area contributed by atoms with Crippen LogP contribution in [0.1, 0.15) is 22.7 Å². The zero-order valence-electron chi connectivity index (χ0n) is 12.9. The first kappa shape index (κ1) is 22.8. The Morgan fingerprint density at radius 3 is 1.81 bits per heavy atom. The number of nitrogens with zero attached hydrogens (tertiary/aromatic N) is 1. The Kier molecular flexibility index (Phi) is 6.86. The third-order valence-electron chi connectivity index (χ3n) is 3.81. The van der Waals surface area contributed by atoms with E-state index in [4.69, 9.17) is 0 Å². The van der Waals surface area contributed by atoms with Crippen LogP contribution in [0, 0.1) is 0 Å². The maximum atomic E-state index is 13.4. The molecule has 26 heavy (non-hydrogen) atoms. The highest BCUT2D eigenvalue weighted by atomic mass is 35.5. The molecule has 1 fully saturated rings. The van der Waals surface area contributed by atoms with E-state index in [0.717, 1.165) is 4.90 Å². The van der Waals surface area contributed by atoms with Crippen molar-refractivity contribution in [3.05, 3.63) is 34.9 Å². The van der Waals surface area contributed by atoms with Crippen molar-refractivity contribution in [1.29, 1.82) is 0 Å². The van der Waals surface area contributed by atoms with E-state index in [2.05, 4.69) is 5.32 Å². The lowest BCUT2D eigenvalue weighted by Crippen LogP contribution is -2.49. The second kappa shape index (κ2) is 7.81.